The van der Waals surface area contributed by atoms with Crippen LogP contribution in [0, 0.1) is 6.92 Å². The number of hydrogen-bond acceptors (Lipinski definition) is 2. The first-order valence-electron chi connectivity index (χ1n) is 7.68. The van der Waals surface area contributed by atoms with Crippen molar-refractivity contribution in [3.8, 4) is 0 Å². The van der Waals surface area contributed by atoms with Gasteiger partial charge >= 0.3 is 0 Å². The molecule has 106 valence electrons. The standard InChI is InChI=1S/C17H28N2/c1-14-8-7-9-15(12-14)13-19(2)17-11-6-4-3-5-10-16(17)18/h7-9,12,16-17H,3-6,10-11,13,18H2,1-2H3. The summed E-state index contributed by atoms with van der Waals surface area (Å²) in [5.74, 6) is 0. The summed E-state index contributed by atoms with van der Waals surface area (Å²) in [7, 11) is 2.23. The van der Waals surface area contributed by atoms with Crippen molar-refractivity contribution >= 4 is 0 Å². The number of rotatable bonds is 3. The second kappa shape index (κ2) is 7.06. The lowest BCUT2D eigenvalue weighted by molar-refractivity contribution is 0.174. The van der Waals surface area contributed by atoms with Crippen LogP contribution in [-0.2, 0) is 6.54 Å². The van der Waals surface area contributed by atoms with Crippen LogP contribution in [-0.4, -0.2) is 24.0 Å². The molecule has 1 aromatic carbocycles. The molecule has 0 spiro atoms. The molecule has 2 rings (SSSR count). The molecule has 0 amide bonds. The van der Waals surface area contributed by atoms with E-state index in [-0.39, 0.29) is 0 Å². The van der Waals surface area contributed by atoms with Crippen LogP contribution in [0.5, 0.6) is 0 Å². The number of nitrogens with two attached hydrogens (primary N) is 1. The fourth-order valence-corrected chi connectivity index (χ4v) is 3.26. The van der Waals surface area contributed by atoms with Gasteiger partial charge in [-0.15, -0.1) is 0 Å². The fourth-order valence-electron chi connectivity index (χ4n) is 3.26. The second-order valence-corrected chi connectivity index (χ2v) is 6.13. The Bertz CT molecular complexity index is 389. The minimum absolute atomic E-state index is 0.343. The average molecular weight is 260 g/mol. The minimum Gasteiger partial charge on any atom is -0.326 e. The SMILES string of the molecule is Cc1cccc(CN(C)C2CCCCCCC2N)c1. The van der Waals surface area contributed by atoms with E-state index >= 15 is 0 Å². The van der Waals surface area contributed by atoms with Gasteiger partial charge in [0.25, 0.3) is 0 Å². The summed E-state index contributed by atoms with van der Waals surface area (Å²) < 4.78 is 0. The maximum atomic E-state index is 6.39. The van der Waals surface area contributed by atoms with E-state index < -0.39 is 0 Å². The van der Waals surface area contributed by atoms with Crippen molar-refractivity contribution in [3.05, 3.63) is 35.4 Å². The van der Waals surface area contributed by atoms with Crippen molar-refractivity contribution in [2.24, 2.45) is 5.73 Å². The Labute approximate surface area is 118 Å². The van der Waals surface area contributed by atoms with E-state index in [1.807, 2.05) is 0 Å². The minimum atomic E-state index is 0.343. The highest BCUT2D eigenvalue weighted by atomic mass is 15.1. The van der Waals surface area contributed by atoms with Gasteiger partial charge in [-0.1, -0.05) is 55.5 Å². The van der Waals surface area contributed by atoms with Crippen molar-refractivity contribution in [2.45, 2.75) is 64.1 Å². The van der Waals surface area contributed by atoms with E-state index in [1.165, 1.54) is 49.7 Å². The molecule has 0 aliphatic heterocycles. The molecule has 1 aliphatic carbocycles. The van der Waals surface area contributed by atoms with Crippen molar-refractivity contribution in [1.29, 1.82) is 0 Å². The molecule has 1 aliphatic rings. The number of benzene rings is 1. The van der Waals surface area contributed by atoms with Crippen LogP contribution in [0.15, 0.2) is 24.3 Å². The van der Waals surface area contributed by atoms with E-state index in [2.05, 4.69) is 43.1 Å². The summed E-state index contributed by atoms with van der Waals surface area (Å²) in [6.45, 7) is 3.17. The zero-order chi connectivity index (χ0) is 13.7. The van der Waals surface area contributed by atoms with E-state index in [9.17, 15) is 0 Å². The van der Waals surface area contributed by atoms with E-state index in [4.69, 9.17) is 5.73 Å². The van der Waals surface area contributed by atoms with Crippen LogP contribution in [0.2, 0.25) is 0 Å². The predicted octanol–water partition coefficient (Wildman–Crippen LogP) is 3.48. The molecular formula is C17H28N2. The highest BCUT2D eigenvalue weighted by Gasteiger charge is 2.23. The Hall–Kier alpha value is -0.860. The van der Waals surface area contributed by atoms with Gasteiger partial charge in [-0.3, -0.25) is 4.90 Å². The molecule has 19 heavy (non-hydrogen) atoms. The lowest BCUT2D eigenvalue weighted by Crippen LogP contribution is -2.46. The molecular weight excluding hydrogens is 232 g/mol. The van der Waals surface area contributed by atoms with Gasteiger partial charge in [0, 0.05) is 18.6 Å². The van der Waals surface area contributed by atoms with Crippen LogP contribution >= 0.6 is 0 Å². The number of aryl methyl sites for hydroxylation is 1. The molecule has 1 fully saturated rings. The van der Waals surface area contributed by atoms with Crippen molar-refractivity contribution in [1.82, 2.24) is 4.90 Å². The molecule has 0 heterocycles. The fraction of sp³-hybridized carbons (Fsp3) is 0.647. The Morgan fingerprint density at radius 2 is 1.89 bits per heavy atom. The summed E-state index contributed by atoms with van der Waals surface area (Å²) in [5.41, 5.74) is 9.13. The van der Waals surface area contributed by atoms with Gasteiger partial charge in [0.2, 0.25) is 0 Å². The molecule has 2 atom stereocenters. The first-order valence-corrected chi connectivity index (χ1v) is 7.68. The third-order valence-corrected chi connectivity index (χ3v) is 4.36. The highest BCUT2D eigenvalue weighted by Crippen LogP contribution is 2.21. The summed E-state index contributed by atoms with van der Waals surface area (Å²) in [5, 5.41) is 0. The predicted molar refractivity (Wildman–Crippen MR) is 82.1 cm³/mol. The Morgan fingerprint density at radius 1 is 1.16 bits per heavy atom. The first kappa shape index (κ1) is 14.5. The van der Waals surface area contributed by atoms with Gasteiger partial charge in [0.05, 0.1) is 0 Å². The summed E-state index contributed by atoms with van der Waals surface area (Å²) in [6.07, 6.45) is 7.81. The van der Waals surface area contributed by atoms with E-state index in [1.54, 1.807) is 0 Å². The topological polar surface area (TPSA) is 29.3 Å². The second-order valence-electron chi connectivity index (χ2n) is 6.13. The number of hydrogen-bond donors (Lipinski definition) is 1. The quantitative estimate of drug-likeness (QED) is 0.901. The van der Waals surface area contributed by atoms with Gasteiger partial charge in [-0.25, -0.2) is 0 Å². The first-order chi connectivity index (χ1) is 9.16. The summed E-state index contributed by atoms with van der Waals surface area (Å²) >= 11 is 0. The molecule has 2 nitrogen and oxygen atoms in total. The Morgan fingerprint density at radius 3 is 2.63 bits per heavy atom. The van der Waals surface area contributed by atoms with Crippen LogP contribution in [0.3, 0.4) is 0 Å². The van der Waals surface area contributed by atoms with Crippen LogP contribution in [0.25, 0.3) is 0 Å². The van der Waals surface area contributed by atoms with Gasteiger partial charge in [0.15, 0.2) is 0 Å². The maximum absolute atomic E-state index is 6.39. The third kappa shape index (κ3) is 4.32. The maximum Gasteiger partial charge on any atom is 0.0247 e. The lowest BCUT2D eigenvalue weighted by atomic mass is 9.91. The summed E-state index contributed by atoms with van der Waals surface area (Å²) in [6, 6.07) is 9.70. The van der Waals surface area contributed by atoms with Gasteiger partial charge in [-0.05, 0) is 32.4 Å². The molecule has 0 saturated heterocycles. The van der Waals surface area contributed by atoms with Crippen molar-refractivity contribution in [2.75, 3.05) is 7.05 Å². The molecule has 2 heteroatoms. The Balaban J connectivity index is 1.98. The van der Waals surface area contributed by atoms with Gasteiger partial charge in [-0.2, -0.15) is 0 Å². The molecule has 0 radical (unpaired) electrons. The summed E-state index contributed by atoms with van der Waals surface area (Å²) in [4.78, 5) is 2.46. The van der Waals surface area contributed by atoms with Crippen molar-refractivity contribution in [3.63, 3.8) is 0 Å². The third-order valence-electron chi connectivity index (χ3n) is 4.36. The van der Waals surface area contributed by atoms with Crippen LogP contribution < -0.4 is 5.73 Å². The zero-order valence-corrected chi connectivity index (χ0v) is 12.4. The monoisotopic (exact) mass is 260 g/mol. The zero-order valence-electron chi connectivity index (χ0n) is 12.4. The molecule has 2 unspecified atom stereocenters. The van der Waals surface area contributed by atoms with Crippen molar-refractivity contribution < 1.29 is 0 Å². The molecule has 2 N–H and O–H groups in total. The highest BCUT2D eigenvalue weighted by molar-refractivity contribution is 5.22. The molecule has 1 aromatic rings. The smallest absolute Gasteiger partial charge is 0.0247 e. The van der Waals surface area contributed by atoms with Crippen LogP contribution in [0.4, 0.5) is 0 Å². The largest absolute Gasteiger partial charge is 0.326 e. The van der Waals surface area contributed by atoms with Gasteiger partial charge in [0.1, 0.15) is 0 Å². The molecule has 0 bridgehead atoms. The van der Waals surface area contributed by atoms with E-state index in [0.29, 0.717) is 12.1 Å². The normalized spacial score (nSPS) is 25.1. The molecule has 1 saturated carbocycles. The lowest BCUT2D eigenvalue weighted by Gasteiger charge is -2.34. The Kier molecular flexibility index (Phi) is 5.41. The van der Waals surface area contributed by atoms with Crippen LogP contribution in [0.1, 0.15) is 49.7 Å². The van der Waals surface area contributed by atoms with E-state index in [0.717, 1.165) is 6.54 Å². The number of likely N-dealkylation sites (N-methyl/N-ethyl adjacent to an activating group) is 1. The van der Waals surface area contributed by atoms with Gasteiger partial charge < -0.3 is 5.73 Å². The number of nitrogens with zero attached hydrogens (tertiary/aromatic N) is 1. The molecule has 0 aromatic heterocycles. The average Bonchev–Trinajstić information content (AvgIpc) is 2.34.